The van der Waals surface area contributed by atoms with Gasteiger partial charge in [-0.2, -0.15) is 0 Å². The number of hydrogen-bond donors (Lipinski definition) is 1. The summed E-state index contributed by atoms with van der Waals surface area (Å²) in [6, 6.07) is 17.0. The molecule has 6 nitrogen and oxygen atoms in total. The van der Waals surface area contributed by atoms with E-state index in [1.807, 2.05) is 18.2 Å². The van der Waals surface area contributed by atoms with Gasteiger partial charge in [0, 0.05) is 18.4 Å². The number of allylic oxidation sites excluding steroid dienone is 3. The first-order valence-corrected chi connectivity index (χ1v) is 13.9. The third-order valence-electron chi connectivity index (χ3n) is 6.11. The molecule has 1 aliphatic carbocycles. The lowest BCUT2D eigenvalue weighted by Crippen LogP contribution is -2.35. The monoisotopic (exact) mass is 516 g/mol. The average molecular weight is 517 g/mol. The molecule has 2 aliphatic rings. The Morgan fingerprint density at radius 3 is 2.49 bits per heavy atom. The van der Waals surface area contributed by atoms with Crippen molar-refractivity contribution in [2.75, 3.05) is 15.6 Å². The summed E-state index contributed by atoms with van der Waals surface area (Å²) in [5.41, 5.74) is 1.32. The second-order valence-electron chi connectivity index (χ2n) is 8.51. The van der Waals surface area contributed by atoms with Crippen LogP contribution in [0.1, 0.15) is 18.4 Å². The van der Waals surface area contributed by atoms with Gasteiger partial charge in [0.25, 0.3) is 26.0 Å². The number of alkyl halides is 2. The number of halogens is 2. The fourth-order valence-corrected chi connectivity index (χ4v) is 7.24. The van der Waals surface area contributed by atoms with Gasteiger partial charge >= 0.3 is 0 Å². The molecule has 3 aromatic carbocycles. The minimum Gasteiger partial charge on any atom is -0.280 e. The van der Waals surface area contributed by atoms with E-state index < -0.39 is 32.4 Å². The molecule has 182 valence electrons. The summed E-state index contributed by atoms with van der Waals surface area (Å²) in [5.74, 6) is -3.08. The van der Waals surface area contributed by atoms with Crippen LogP contribution in [0.2, 0.25) is 0 Å². The summed E-state index contributed by atoms with van der Waals surface area (Å²) in [4.78, 5) is -0.0887. The highest BCUT2D eigenvalue weighted by Crippen LogP contribution is 2.37. The van der Waals surface area contributed by atoms with Crippen LogP contribution in [-0.4, -0.2) is 29.3 Å². The Labute approximate surface area is 202 Å². The van der Waals surface area contributed by atoms with E-state index in [4.69, 9.17) is 0 Å². The molecule has 1 N–H and O–H groups in total. The number of nitrogens with one attached hydrogen (secondary N) is 1. The van der Waals surface area contributed by atoms with Gasteiger partial charge in [0.15, 0.2) is 0 Å². The van der Waals surface area contributed by atoms with Gasteiger partial charge in [0.1, 0.15) is 0 Å². The Balaban J connectivity index is 1.51. The zero-order chi connectivity index (χ0) is 24.8. The van der Waals surface area contributed by atoms with Crippen LogP contribution in [0, 0.1) is 0 Å². The summed E-state index contributed by atoms with van der Waals surface area (Å²) in [7, 11) is -8.07. The van der Waals surface area contributed by atoms with Gasteiger partial charge < -0.3 is 0 Å². The molecule has 0 spiro atoms. The van der Waals surface area contributed by atoms with Crippen LogP contribution in [0.25, 0.3) is 10.8 Å². The van der Waals surface area contributed by atoms with Crippen molar-refractivity contribution >= 4 is 42.2 Å². The standard InChI is InChI=1S/C25H22F2N2O4S2/c26-25(27)14-12-21(13-15-25)34(30,31)28-20-11-10-19-7-4-16-29(23(19)17-20)35(32,33)24-9-3-6-18-5-1-2-8-22(18)24/h1-3,5-6,8-14,17,28H,4,7,15-16H2. The predicted molar refractivity (Wildman–Crippen MR) is 133 cm³/mol. The average Bonchev–Trinajstić information content (AvgIpc) is 2.82. The number of benzene rings is 3. The highest BCUT2D eigenvalue weighted by atomic mass is 32.2. The lowest BCUT2D eigenvalue weighted by atomic mass is 10.0. The zero-order valence-electron chi connectivity index (χ0n) is 18.5. The molecule has 0 bridgehead atoms. The minimum absolute atomic E-state index is 0.149. The van der Waals surface area contributed by atoms with Crippen LogP contribution < -0.4 is 9.03 Å². The lowest BCUT2D eigenvalue weighted by molar-refractivity contribution is 0.0574. The number of fused-ring (bicyclic) bond motifs is 2. The molecule has 1 heterocycles. The molecule has 10 heteroatoms. The first kappa shape index (κ1) is 23.5. The van der Waals surface area contributed by atoms with Crippen LogP contribution in [0.4, 0.5) is 20.2 Å². The molecule has 0 radical (unpaired) electrons. The summed E-state index contributed by atoms with van der Waals surface area (Å²) in [6.07, 6.45) is 2.97. The van der Waals surface area contributed by atoms with Crippen molar-refractivity contribution in [3.05, 3.63) is 89.4 Å². The van der Waals surface area contributed by atoms with Crippen LogP contribution in [0.3, 0.4) is 0 Å². The minimum atomic E-state index is -4.12. The maximum atomic E-state index is 13.8. The van der Waals surface area contributed by atoms with E-state index in [1.165, 1.54) is 10.4 Å². The van der Waals surface area contributed by atoms with E-state index in [1.54, 1.807) is 36.4 Å². The number of sulfonamides is 2. The summed E-state index contributed by atoms with van der Waals surface area (Å²) in [5, 5.41) is 1.40. The Kier molecular flexibility index (Phi) is 5.68. The number of aryl methyl sites for hydroxylation is 1. The summed E-state index contributed by atoms with van der Waals surface area (Å²) in [6.45, 7) is 0.248. The molecule has 0 amide bonds. The smallest absolute Gasteiger partial charge is 0.270 e. The molecule has 0 unspecified atom stereocenters. The quantitative estimate of drug-likeness (QED) is 0.505. The fraction of sp³-hybridized carbons (Fsp3) is 0.200. The third-order valence-corrected chi connectivity index (χ3v) is 9.41. The van der Waals surface area contributed by atoms with Gasteiger partial charge in [0.05, 0.1) is 21.2 Å². The Bertz CT molecular complexity index is 1590. The van der Waals surface area contributed by atoms with Crippen LogP contribution in [0.5, 0.6) is 0 Å². The van der Waals surface area contributed by atoms with Crippen LogP contribution in [-0.2, 0) is 26.5 Å². The van der Waals surface area contributed by atoms with Crippen LogP contribution in [0.15, 0.2) is 88.7 Å². The van der Waals surface area contributed by atoms with Crippen molar-refractivity contribution in [1.29, 1.82) is 0 Å². The van der Waals surface area contributed by atoms with E-state index in [2.05, 4.69) is 4.72 Å². The maximum absolute atomic E-state index is 13.8. The third kappa shape index (κ3) is 4.43. The van der Waals surface area contributed by atoms with E-state index >= 15 is 0 Å². The molecule has 0 saturated carbocycles. The largest absolute Gasteiger partial charge is 0.280 e. The molecular formula is C25H22F2N2O4S2. The molecule has 0 aromatic heterocycles. The number of nitrogens with zero attached hydrogens (tertiary/aromatic N) is 1. The van der Waals surface area contributed by atoms with Crippen molar-refractivity contribution in [3.8, 4) is 0 Å². The predicted octanol–water partition coefficient (Wildman–Crippen LogP) is 5.20. The second kappa shape index (κ2) is 8.46. The molecule has 1 aliphatic heterocycles. The SMILES string of the molecule is O=S(=O)(Nc1ccc2c(c1)N(S(=O)(=O)c1cccc3ccccc13)CCC2)C1=CCC(F)(F)C=C1. The van der Waals surface area contributed by atoms with E-state index in [9.17, 15) is 25.6 Å². The molecule has 3 aromatic rings. The van der Waals surface area contributed by atoms with Gasteiger partial charge in [-0.05, 0) is 54.1 Å². The Hall–Kier alpha value is -3.24. The van der Waals surface area contributed by atoms with Crippen molar-refractivity contribution in [3.63, 3.8) is 0 Å². The number of rotatable bonds is 5. The number of hydrogen-bond acceptors (Lipinski definition) is 4. The Morgan fingerprint density at radius 1 is 0.943 bits per heavy atom. The summed E-state index contributed by atoms with van der Waals surface area (Å²) < 4.78 is 83.5. The normalized spacial score (nSPS) is 17.7. The topological polar surface area (TPSA) is 83.6 Å². The molecule has 0 atom stereocenters. The molecule has 5 rings (SSSR count). The van der Waals surface area contributed by atoms with Gasteiger partial charge in [-0.1, -0.05) is 48.5 Å². The van der Waals surface area contributed by atoms with Gasteiger partial charge in [-0.3, -0.25) is 9.03 Å². The van der Waals surface area contributed by atoms with Crippen molar-refractivity contribution in [1.82, 2.24) is 0 Å². The lowest BCUT2D eigenvalue weighted by Gasteiger charge is -2.31. The maximum Gasteiger partial charge on any atom is 0.270 e. The van der Waals surface area contributed by atoms with Gasteiger partial charge in [-0.25, -0.2) is 25.6 Å². The Morgan fingerprint density at radius 2 is 1.71 bits per heavy atom. The summed E-state index contributed by atoms with van der Waals surface area (Å²) >= 11 is 0. The van der Waals surface area contributed by atoms with E-state index in [0.29, 0.717) is 30.0 Å². The number of anilines is 2. The van der Waals surface area contributed by atoms with Crippen LogP contribution >= 0.6 is 0 Å². The fourth-order valence-electron chi connectivity index (χ4n) is 4.38. The first-order valence-electron chi connectivity index (χ1n) is 11.0. The highest BCUT2D eigenvalue weighted by Gasteiger charge is 2.32. The molecular weight excluding hydrogens is 494 g/mol. The van der Waals surface area contributed by atoms with Gasteiger partial charge in [0.2, 0.25) is 0 Å². The molecule has 0 fully saturated rings. The van der Waals surface area contributed by atoms with Crippen molar-refractivity contribution in [2.45, 2.75) is 30.1 Å². The van der Waals surface area contributed by atoms with E-state index in [0.717, 1.165) is 23.1 Å². The van der Waals surface area contributed by atoms with Crippen molar-refractivity contribution < 1.29 is 25.6 Å². The van der Waals surface area contributed by atoms with E-state index in [-0.39, 0.29) is 22.0 Å². The molecule has 35 heavy (non-hydrogen) atoms. The first-order chi connectivity index (χ1) is 16.6. The molecule has 0 saturated heterocycles. The second-order valence-corrected chi connectivity index (χ2v) is 12.0. The zero-order valence-corrected chi connectivity index (χ0v) is 20.1. The highest BCUT2D eigenvalue weighted by molar-refractivity contribution is 7.96. The van der Waals surface area contributed by atoms with Gasteiger partial charge in [-0.15, -0.1) is 0 Å². The van der Waals surface area contributed by atoms with Crippen molar-refractivity contribution in [2.24, 2.45) is 0 Å².